The number of benzene rings is 2. The first kappa shape index (κ1) is 19.1. The minimum Gasteiger partial charge on any atom is -0.497 e. The molecule has 2 unspecified atom stereocenters. The zero-order valence-electron chi connectivity index (χ0n) is 16.7. The lowest BCUT2D eigenvalue weighted by Crippen LogP contribution is -2.27. The summed E-state index contributed by atoms with van der Waals surface area (Å²) in [7, 11) is 1.61. The van der Waals surface area contributed by atoms with Gasteiger partial charge in [-0.05, 0) is 36.4 Å². The zero-order chi connectivity index (χ0) is 21.4. The monoisotopic (exact) mass is 416 g/mol. The second kappa shape index (κ2) is 7.73. The van der Waals surface area contributed by atoms with Crippen LogP contribution < -0.4 is 15.4 Å². The molecule has 31 heavy (non-hydrogen) atoms. The van der Waals surface area contributed by atoms with Crippen molar-refractivity contribution in [3.05, 3.63) is 83.6 Å². The number of anilines is 2. The van der Waals surface area contributed by atoms with Crippen molar-refractivity contribution >= 4 is 23.4 Å². The zero-order valence-corrected chi connectivity index (χ0v) is 16.7. The molecule has 2 N–H and O–H groups in total. The predicted octanol–water partition coefficient (Wildman–Crippen LogP) is 3.96. The van der Waals surface area contributed by atoms with Crippen molar-refractivity contribution in [2.45, 2.75) is 12.3 Å². The average molecular weight is 416 g/mol. The summed E-state index contributed by atoms with van der Waals surface area (Å²) in [6.07, 6.45) is 1.10. The van der Waals surface area contributed by atoms with Gasteiger partial charge in [-0.1, -0.05) is 24.3 Å². The van der Waals surface area contributed by atoms with Crippen LogP contribution in [0.1, 0.15) is 33.8 Å². The van der Waals surface area contributed by atoms with E-state index < -0.39 is 12.3 Å². The van der Waals surface area contributed by atoms with Gasteiger partial charge in [-0.2, -0.15) is 0 Å². The molecule has 1 saturated heterocycles. The number of nitrogens with one attached hydrogen (secondary N) is 2. The van der Waals surface area contributed by atoms with Crippen LogP contribution in [0.3, 0.4) is 0 Å². The van der Waals surface area contributed by atoms with Crippen molar-refractivity contribution < 1.29 is 19.1 Å². The maximum Gasteiger partial charge on any atom is 0.324 e. The first-order valence-electron chi connectivity index (χ1n) is 9.86. The summed E-state index contributed by atoms with van der Waals surface area (Å²) in [4.78, 5) is 31.5. The molecule has 2 aromatic carbocycles. The number of pyridine rings is 1. The SMILES string of the molecule is COc1ccc(C2OCC3c4c(NC(=O)Nc5ccccn5)cccc4C(=O)N32)cc1. The largest absolute Gasteiger partial charge is 0.497 e. The first-order chi connectivity index (χ1) is 15.2. The normalized spacial score (nSPS) is 19.0. The molecule has 8 nitrogen and oxygen atoms in total. The number of carbonyl (C=O) groups excluding carboxylic acids is 2. The van der Waals surface area contributed by atoms with Gasteiger partial charge < -0.3 is 14.8 Å². The molecule has 0 radical (unpaired) electrons. The number of ether oxygens (including phenoxy) is 2. The molecule has 3 heterocycles. The summed E-state index contributed by atoms with van der Waals surface area (Å²) in [6, 6.07) is 17.3. The minimum absolute atomic E-state index is 0.118. The van der Waals surface area contributed by atoms with E-state index in [0.29, 0.717) is 23.7 Å². The number of amides is 3. The number of fused-ring (bicyclic) bond motifs is 3. The van der Waals surface area contributed by atoms with Gasteiger partial charge >= 0.3 is 6.03 Å². The van der Waals surface area contributed by atoms with E-state index in [4.69, 9.17) is 9.47 Å². The van der Waals surface area contributed by atoms with Gasteiger partial charge in [-0.15, -0.1) is 0 Å². The Morgan fingerprint density at radius 2 is 1.94 bits per heavy atom. The molecule has 156 valence electrons. The Morgan fingerprint density at radius 3 is 2.68 bits per heavy atom. The smallest absolute Gasteiger partial charge is 0.324 e. The Hall–Kier alpha value is -3.91. The number of urea groups is 1. The molecular weight excluding hydrogens is 396 g/mol. The number of rotatable bonds is 4. The topological polar surface area (TPSA) is 92.8 Å². The molecule has 3 aromatic rings. The maximum atomic E-state index is 13.2. The lowest BCUT2D eigenvalue weighted by atomic mass is 10.0. The van der Waals surface area contributed by atoms with Crippen LogP contribution in [0.15, 0.2) is 66.9 Å². The average Bonchev–Trinajstić information content (AvgIpc) is 3.35. The van der Waals surface area contributed by atoms with Gasteiger partial charge in [0.2, 0.25) is 0 Å². The number of hydrogen-bond donors (Lipinski definition) is 2. The third-order valence-electron chi connectivity index (χ3n) is 5.46. The Bertz CT molecular complexity index is 1130. The fourth-order valence-corrected chi connectivity index (χ4v) is 4.07. The van der Waals surface area contributed by atoms with Gasteiger partial charge in [-0.25, -0.2) is 9.78 Å². The Morgan fingerprint density at radius 1 is 1.10 bits per heavy atom. The summed E-state index contributed by atoms with van der Waals surface area (Å²) in [5, 5.41) is 5.55. The van der Waals surface area contributed by atoms with Crippen molar-refractivity contribution in [3.63, 3.8) is 0 Å². The lowest BCUT2D eigenvalue weighted by Gasteiger charge is -2.23. The molecule has 1 fully saturated rings. The molecule has 2 aliphatic rings. The van der Waals surface area contributed by atoms with Gasteiger partial charge in [0, 0.05) is 28.6 Å². The fourth-order valence-electron chi connectivity index (χ4n) is 4.07. The second-order valence-electron chi connectivity index (χ2n) is 7.25. The van der Waals surface area contributed by atoms with Crippen LogP contribution in [-0.2, 0) is 4.74 Å². The summed E-state index contributed by atoms with van der Waals surface area (Å²) >= 11 is 0. The van der Waals surface area contributed by atoms with Crippen LogP contribution in [0.2, 0.25) is 0 Å². The Labute approximate surface area is 178 Å². The van der Waals surface area contributed by atoms with Crippen LogP contribution in [0.5, 0.6) is 5.75 Å². The molecule has 3 amide bonds. The third-order valence-corrected chi connectivity index (χ3v) is 5.46. The molecule has 2 atom stereocenters. The van der Waals surface area contributed by atoms with Gasteiger partial charge in [0.15, 0.2) is 6.23 Å². The second-order valence-corrected chi connectivity index (χ2v) is 7.25. The highest BCUT2D eigenvalue weighted by atomic mass is 16.5. The van der Waals surface area contributed by atoms with Crippen LogP contribution in [-0.4, -0.2) is 35.5 Å². The Kier molecular flexibility index (Phi) is 4.76. The standard InChI is InChI=1S/C23H20N4O4/c1-30-15-10-8-14(9-11-15)22-27-18(13-31-22)20-16(21(27)28)5-4-6-17(20)25-23(29)26-19-7-2-3-12-24-19/h2-12,18,22H,13H2,1H3,(H2,24,25,26,29). The Balaban J connectivity index is 1.40. The molecule has 5 rings (SSSR count). The highest BCUT2D eigenvalue weighted by molar-refractivity contribution is 6.05. The van der Waals surface area contributed by atoms with Crippen molar-refractivity contribution in [3.8, 4) is 5.75 Å². The van der Waals surface area contributed by atoms with Gasteiger partial charge in [-0.3, -0.25) is 15.0 Å². The van der Waals surface area contributed by atoms with Crippen LogP contribution in [0, 0.1) is 0 Å². The van der Waals surface area contributed by atoms with E-state index in [1.165, 1.54) is 0 Å². The molecule has 0 spiro atoms. The minimum atomic E-state index is -0.494. The molecule has 2 aliphatic heterocycles. The summed E-state index contributed by atoms with van der Waals surface area (Å²) in [5.41, 5.74) is 2.78. The summed E-state index contributed by atoms with van der Waals surface area (Å²) in [5.74, 6) is 1.06. The first-order valence-corrected chi connectivity index (χ1v) is 9.86. The molecule has 0 aliphatic carbocycles. The van der Waals surface area contributed by atoms with E-state index in [9.17, 15) is 9.59 Å². The van der Waals surface area contributed by atoms with Gasteiger partial charge in [0.05, 0.1) is 19.8 Å². The van der Waals surface area contributed by atoms with Crippen molar-refractivity contribution in [2.24, 2.45) is 0 Å². The molecular formula is C23H20N4O4. The summed E-state index contributed by atoms with van der Waals surface area (Å²) < 4.78 is 11.2. The van der Waals surface area contributed by atoms with Crippen LogP contribution >= 0.6 is 0 Å². The predicted molar refractivity (Wildman–Crippen MR) is 114 cm³/mol. The van der Waals surface area contributed by atoms with E-state index in [2.05, 4.69) is 15.6 Å². The van der Waals surface area contributed by atoms with Crippen molar-refractivity contribution in [2.75, 3.05) is 24.4 Å². The molecule has 0 bridgehead atoms. The van der Waals surface area contributed by atoms with Gasteiger partial charge in [0.1, 0.15) is 11.6 Å². The van der Waals surface area contributed by atoms with Crippen LogP contribution in [0.25, 0.3) is 0 Å². The van der Waals surface area contributed by atoms with E-state index in [0.717, 1.165) is 16.9 Å². The van der Waals surface area contributed by atoms with E-state index >= 15 is 0 Å². The number of methoxy groups -OCH3 is 1. The quantitative estimate of drug-likeness (QED) is 0.672. The maximum absolute atomic E-state index is 13.2. The summed E-state index contributed by atoms with van der Waals surface area (Å²) in [6.45, 7) is 0.343. The lowest BCUT2D eigenvalue weighted by molar-refractivity contribution is 0.0268. The highest BCUT2D eigenvalue weighted by Gasteiger charge is 2.47. The van der Waals surface area contributed by atoms with Crippen LogP contribution in [0.4, 0.5) is 16.3 Å². The van der Waals surface area contributed by atoms with E-state index in [-0.39, 0.29) is 11.9 Å². The van der Waals surface area contributed by atoms with Crippen molar-refractivity contribution in [1.29, 1.82) is 0 Å². The highest BCUT2D eigenvalue weighted by Crippen LogP contribution is 2.48. The van der Waals surface area contributed by atoms with Gasteiger partial charge in [0.25, 0.3) is 5.91 Å². The van der Waals surface area contributed by atoms with E-state index in [1.807, 2.05) is 24.3 Å². The third kappa shape index (κ3) is 3.36. The number of hydrogen-bond acceptors (Lipinski definition) is 5. The van der Waals surface area contributed by atoms with Crippen molar-refractivity contribution in [1.82, 2.24) is 9.88 Å². The number of carbonyl (C=O) groups is 2. The molecule has 0 saturated carbocycles. The fraction of sp³-hybridized carbons (Fsp3) is 0.174. The molecule has 8 heteroatoms. The van der Waals surface area contributed by atoms with E-state index in [1.54, 1.807) is 54.6 Å². The molecule has 1 aromatic heterocycles. The number of aromatic nitrogens is 1. The number of nitrogens with zero attached hydrogens (tertiary/aromatic N) is 2.